The third kappa shape index (κ3) is 3.62. The molecule has 2 N–H and O–H groups in total. The summed E-state index contributed by atoms with van der Waals surface area (Å²) < 4.78 is 13.7. The van der Waals surface area contributed by atoms with E-state index in [4.69, 9.17) is 0 Å². The van der Waals surface area contributed by atoms with Gasteiger partial charge in [-0.05, 0) is 17.7 Å². The Kier molecular flexibility index (Phi) is 4.18. The highest BCUT2D eigenvalue weighted by molar-refractivity contribution is 5.16. The minimum atomic E-state index is -1.21. The molecule has 2 aromatic rings. The van der Waals surface area contributed by atoms with Gasteiger partial charge in [-0.15, -0.1) is 0 Å². The van der Waals surface area contributed by atoms with Gasteiger partial charge in [-0.1, -0.05) is 30.3 Å². The summed E-state index contributed by atoms with van der Waals surface area (Å²) in [6.07, 6.45) is 2.21. The molecule has 0 aliphatic rings. The fourth-order valence-electron chi connectivity index (χ4n) is 1.45. The van der Waals surface area contributed by atoms with Crippen LogP contribution in [0.2, 0.25) is 0 Å². The Morgan fingerprint density at radius 3 is 2.47 bits per heavy atom. The second-order valence-corrected chi connectivity index (χ2v) is 3.63. The van der Waals surface area contributed by atoms with Gasteiger partial charge >= 0.3 is 0 Å². The summed E-state index contributed by atoms with van der Waals surface area (Å²) in [5.74, 6) is 0. The van der Waals surface area contributed by atoms with Crippen LogP contribution in [0.3, 0.4) is 0 Å². The fourth-order valence-corrected chi connectivity index (χ4v) is 1.45. The Balaban J connectivity index is 1.79. The molecule has 4 heteroatoms. The van der Waals surface area contributed by atoms with Crippen molar-refractivity contribution in [3.8, 4) is 0 Å². The van der Waals surface area contributed by atoms with Crippen LogP contribution < -0.4 is 10.9 Å². The van der Waals surface area contributed by atoms with Crippen LogP contribution in [0.4, 0.5) is 4.39 Å². The van der Waals surface area contributed by atoms with Crippen LogP contribution in [0, 0.1) is 0 Å². The highest BCUT2D eigenvalue weighted by Crippen LogP contribution is 2.12. The van der Waals surface area contributed by atoms with E-state index in [1.807, 2.05) is 30.3 Å². The molecule has 1 heterocycles. The lowest BCUT2D eigenvalue weighted by atomic mass is 10.2. The Hall–Kier alpha value is -1.78. The van der Waals surface area contributed by atoms with Gasteiger partial charge in [0.05, 0.1) is 0 Å². The van der Waals surface area contributed by atoms with Crippen LogP contribution >= 0.6 is 0 Å². The second-order valence-electron chi connectivity index (χ2n) is 3.63. The standard InChI is InChI=1S/C13H14FN3/c14-13(12-4-2-1-3-5-12)17-16-10-11-6-8-15-9-7-11/h1-9,13,16-17H,10H2. The van der Waals surface area contributed by atoms with Gasteiger partial charge in [-0.3, -0.25) is 10.4 Å². The fraction of sp³-hybridized carbons (Fsp3) is 0.154. The number of halogens is 1. The molecule has 3 nitrogen and oxygen atoms in total. The van der Waals surface area contributed by atoms with Gasteiger partial charge in [0.2, 0.25) is 0 Å². The number of nitrogens with one attached hydrogen (secondary N) is 2. The lowest BCUT2D eigenvalue weighted by Gasteiger charge is -2.11. The van der Waals surface area contributed by atoms with Crippen molar-refractivity contribution in [3.63, 3.8) is 0 Å². The van der Waals surface area contributed by atoms with E-state index >= 15 is 0 Å². The van der Waals surface area contributed by atoms with Gasteiger partial charge in [0, 0.05) is 24.5 Å². The van der Waals surface area contributed by atoms with Crippen LogP contribution in [0.15, 0.2) is 54.9 Å². The second kappa shape index (κ2) is 6.08. The van der Waals surface area contributed by atoms with Gasteiger partial charge in [0.15, 0.2) is 6.30 Å². The summed E-state index contributed by atoms with van der Waals surface area (Å²) in [7, 11) is 0. The molecule has 1 atom stereocenters. The third-order valence-electron chi connectivity index (χ3n) is 2.36. The molecule has 0 aliphatic heterocycles. The lowest BCUT2D eigenvalue weighted by molar-refractivity contribution is 0.245. The first-order valence-electron chi connectivity index (χ1n) is 5.42. The number of hydrogen-bond donors (Lipinski definition) is 2. The summed E-state index contributed by atoms with van der Waals surface area (Å²) >= 11 is 0. The molecule has 0 fully saturated rings. The van der Waals surface area contributed by atoms with E-state index in [9.17, 15) is 4.39 Å². The Morgan fingerprint density at radius 2 is 1.76 bits per heavy atom. The summed E-state index contributed by atoms with van der Waals surface area (Å²) in [5.41, 5.74) is 7.11. The van der Waals surface area contributed by atoms with Gasteiger partial charge in [-0.2, -0.15) is 0 Å². The molecule has 1 unspecified atom stereocenters. The summed E-state index contributed by atoms with van der Waals surface area (Å²) in [6, 6.07) is 12.7. The number of benzene rings is 1. The molecule has 17 heavy (non-hydrogen) atoms. The van der Waals surface area contributed by atoms with Gasteiger partial charge in [0.25, 0.3) is 0 Å². The minimum absolute atomic E-state index is 0.551. The Labute approximate surface area is 99.7 Å². The molecule has 2 rings (SSSR count). The topological polar surface area (TPSA) is 37.0 Å². The number of alkyl halides is 1. The SMILES string of the molecule is FC(NNCc1ccncc1)c1ccccc1. The number of rotatable bonds is 5. The zero-order chi connectivity index (χ0) is 11.9. The average molecular weight is 231 g/mol. The molecule has 0 saturated carbocycles. The van der Waals surface area contributed by atoms with Crippen LogP contribution in [-0.2, 0) is 6.54 Å². The van der Waals surface area contributed by atoms with Crippen molar-refractivity contribution >= 4 is 0 Å². The minimum Gasteiger partial charge on any atom is -0.265 e. The van der Waals surface area contributed by atoms with Crippen LogP contribution in [0.1, 0.15) is 17.4 Å². The molecular weight excluding hydrogens is 217 g/mol. The molecule has 0 radical (unpaired) electrons. The molecule has 0 spiro atoms. The van der Waals surface area contributed by atoms with Crippen molar-refractivity contribution in [2.45, 2.75) is 12.8 Å². The Morgan fingerprint density at radius 1 is 1.06 bits per heavy atom. The maximum absolute atomic E-state index is 13.7. The predicted molar refractivity (Wildman–Crippen MR) is 64.5 cm³/mol. The van der Waals surface area contributed by atoms with E-state index in [1.54, 1.807) is 24.5 Å². The largest absolute Gasteiger partial charge is 0.265 e. The summed E-state index contributed by atoms with van der Waals surface area (Å²) in [5, 5.41) is 0. The van der Waals surface area contributed by atoms with E-state index in [2.05, 4.69) is 15.8 Å². The van der Waals surface area contributed by atoms with Crippen molar-refractivity contribution in [1.29, 1.82) is 0 Å². The zero-order valence-corrected chi connectivity index (χ0v) is 9.31. The molecule has 1 aromatic heterocycles. The average Bonchev–Trinajstić information content (AvgIpc) is 2.41. The van der Waals surface area contributed by atoms with Crippen molar-refractivity contribution in [3.05, 3.63) is 66.0 Å². The van der Waals surface area contributed by atoms with Crippen LogP contribution in [-0.4, -0.2) is 4.98 Å². The number of nitrogens with zero attached hydrogens (tertiary/aromatic N) is 1. The zero-order valence-electron chi connectivity index (χ0n) is 9.31. The molecule has 0 aliphatic carbocycles. The lowest BCUT2D eigenvalue weighted by Crippen LogP contribution is -2.32. The van der Waals surface area contributed by atoms with E-state index in [0.29, 0.717) is 12.1 Å². The maximum Gasteiger partial charge on any atom is 0.189 e. The predicted octanol–water partition coefficient (Wildman–Crippen LogP) is 2.34. The van der Waals surface area contributed by atoms with Crippen molar-refractivity contribution in [2.75, 3.05) is 0 Å². The first-order valence-corrected chi connectivity index (χ1v) is 5.42. The smallest absolute Gasteiger partial charge is 0.189 e. The molecular formula is C13H14FN3. The van der Waals surface area contributed by atoms with Crippen molar-refractivity contribution in [1.82, 2.24) is 15.8 Å². The first-order chi connectivity index (χ1) is 8.36. The van der Waals surface area contributed by atoms with Crippen LogP contribution in [0.5, 0.6) is 0 Å². The monoisotopic (exact) mass is 231 g/mol. The highest BCUT2D eigenvalue weighted by atomic mass is 19.1. The number of pyridine rings is 1. The quantitative estimate of drug-likeness (QED) is 0.612. The molecule has 1 aromatic carbocycles. The molecule has 0 bridgehead atoms. The van der Waals surface area contributed by atoms with Gasteiger partial charge in [0.1, 0.15) is 0 Å². The summed E-state index contributed by atoms with van der Waals surface area (Å²) in [4.78, 5) is 3.91. The number of aromatic nitrogens is 1. The van der Waals surface area contributed by atoms with E-state index in [1.165, 1.54) is 0 Å². The van der Waals surface area contributed by atoms with Crippen molar-refractivity contribution in [2.24, 2.45) is 0 Å². The maximum atomic E-state index is 13.7. The normalized spacial score (nSPS) is 12.3. The van der Waals surface area contributed by atoms with Gasteiger partial charge < -0.3 is 0 Å². The molecule has 88 valence electrons. The van der Waals surface area contributed by atoms with Crippen LogP contribution in [0.25, 0.3) is 0 Å². The Bertz CT molecular complexity index is 433. The van der Waals surface area contributed by atoms with Crippen molar-refractivity contribution < 1.29 is 4.39 Å². The molecule has 0 amide bonds. The molecule has 0 saturated heterocycles. The van der Waals surface area contributed by atoms with Gasteiger partial charge in [-0.25, -0.2) is 9.82 Å². The van der Waals surface area contributed by atoms with E-state index in [0.717, 1.165) is 5.56 Å². The number of hydrogen-bond acceptors (Lipinski definition) is 3. The first kappa shape index (κ1) is 11.7. The highest BCUT2D eigenvalue weighted by Gasteiger charge is 2.06. The number of hydrazine groups is 1. The third-order valence-corrected chi connectivity index (χ3v) is 2.36. The van der Waals surface area contributed by atoms with E-state index in [-0.39, 0.29) is 0 Å². The van der Waals surface area contributed by atoms with E-state index < -0.39 is 6.30 Å². The summed E-state index contributed by atoms with van der Waals surface area (Å²) in [6.45, 7) is 0.551.